The lowest BCUT2D eigenvalue weighted by molar-refractivity contribution is -0.359. The molecule has 2 aliphatic heterocycles. The van der Waals surface area contributed by atoms with Gasteiger partial charge in [-0.1, -0.05) is 172 Å². The summed E-state index contributed by atoms with van der Waals surface area (Å²) in [4.78, 5) is 13.1. The van der Waals surface area contributed by atoms with E-state index in [2.05, 4.69) is 43.5 Å². The standard InChI is InChI=1S/C51H93NO13/c1-3-5-7-9-11-13-15-17-18-19-20-21-23-24-26-28-30-32-34-40(55)39(52-43(56)35-33-31-29-27-25-22-16-14-12-10-8-6-4-2)38-62-50-48(61)46(59)49(42(37-54)64-50)65-51-47(60)45(58)44(57)41(36-53)63-51/h8,10,14,16,32,34,39-42,44-51,53-55,57-61H,3-7,9,11-13,15,17-31,33,35-38H2,1-2H3,(H,52,56)/b10-8-,16-14-,34-32+. The number of aliphatic hydroxyl groups excluding tert-OH is 8. The number of hydrogen-bond donors (Lipinski definition) is 9. The highest BCUT2D eigenvalue weighted by atomic mass is 16.7. The molecule has 0 spiro atoms. The van der Waals surface area contributed by atoms with Crippen LogP contribution >= 0.6 is 0 Å². The first-order valence-corrected chi connectivity index (χ1v) is 25.7. The Bertz CT molecular complexity index is 1230. The Morgan fingerprint density at radius 2 is 1.05 bits per heavy atom. The Morgan fingerprint density at radius 3 is 1.60 bits per heavy atom. The van der Waals surface area contributed by atoms with Gasteiger partial charge in [-0.25, -0.2) is 0 Å². The molecule has 0 bridgehead atoms. The number of carbonyl (C=O) groups is 1. The van der Waals surface area contributed by atoms with Crippen LogP contribution in [0.15, 0.2) is 36.5 Å². The lowest BCUT2D eigenvalue weighted by atomic mass is 9.97. The zero-order valence-electron chi connectivity index (χ0n) is 40.2. The molecule has 0 aromatic carbocycles. The molecule has 0 aromatic rings. The van der Waals surface area contributed by atoms with Gasteiger partial charge < -0.3 is 65.1 Å². The van der Waals surface area contributed by atoms with Crippen molar-refractivity contribution in [2.45, 2.75) is 261 Å². The van der Waals surface area contributed by atoms with Crippen molar-refractivity contribution in [2.24, 2.45) is 0 Å². The summed E-state index contributed by atoms with van der Waals surface area (Å²) in [7, 11) is 0. The number of hydrogen-bond acceptors (Lipinski definition) is 13. The van der Waals surface area contributed by atoms with E-state index in [1.807, 2.05) is 6.08 Å². The van der Waals surface area contributed by atoms with Crippen molar-refractivity contribution >= 4 is 5.91 Å². The van der Waals surface area contributed by atoms with E-state index in [0.29, 0.717) is 6.42 Å². The summed E-state index contributed by atoms with van der Waals surface area (Å²) >= 11 is 0. The first-order chi connectivity index (χ1) is 31.6. The molecule has 2 saturated heterocycles. The van der Waals surface area contributed by atoms with Crippen molar-refractivity contribution in [3.8, 4) is 0 Å². The molecule has 14 heteroatoms. The number of unbranched alkanes of at least 4 members (excludes halogenated alkanes) is 22. The number of rotatable bonds is 39. The third kappa shape index (κ3) is 25.4. The molecule has 1 amide bonds. The van der Waals surface area contributed by atoms with Crippen LogP contribution in [0.5, 0.6) is 0 Å². The van der Waals surface area contributed by atoms with Crippen LogP contribution in [-0.2, 0) is 23.7 Å². The van der Waals surface area contributed by atoms with E-state index in [4.69, 9.17) is 18.9 Å². The second-order valence-corrected chi connectivity index (χ2v) is 18.3. The van der Waals surface area contributed by atoms with Crippen LogP contribution in [0.1, 0.15) is 187 Å². The molecule has 0 saturated carbocycles. The minimum atomic E-state index is -1.79. The summed E-state index contributed by atoms with van der Waals surface area (Å²) in [5.74, 6) is -0.255. The maximum absolute atomic E-state index is 13.1. The number of aliphatic hydroxyl groups is 8. The minimum absolute atomic E-state index is 0.255. The summed E-state index contributed by atoms with van der Waals surface area (Å²) in [6, 6.07) is -0.920. The zero-order valence-corrected chi connectivity index (χ0v) is 40.2. The highest BCUT2D eigenvalue weighted by Crippen LogP contribution is 2.30. The van der Waals surface area contributed by atoms with E-state index in [0.717, 1.165) is 70.6 Å². The zero-order chi connectivity index (χ0) is 47.5. The third-order valence-corrected chi connectivity index (χ3v) is 12.6. The lowest BCUT2D eigenvalue weighted by Crippen LogP contribution is -2.65. The van der Waals surface area contributed by atoms with Crippen molar-refractivity contribution in [1.29, 1.82) is 0 Å². The van der Waals surface area contributed by atoms with E-state index in [-0.39, 0.29) is 18.9 Å². The van der Waals surface area contributed by atoms with Crippen LogP contribution < -0.4 is 5.32 Å². The smallest absolute Gasteiger partial charge is 0.220 e. The van der Waals surface area contributed by atoms with Crippen LogP contribution in [0.3, 0.4) is 0 Å². The first-order valence-electron chi connectivity index (χ1n) is 25.7. The molecular formula is C51H93NO13. The highest BCUT2D eigenvalue weighted by molar-refractivity contribution is 5.76. The molecule has 2 heterocycles. The van der Waals surface area contributed by atoms with Crippen molar-refractivity contribution in [3.63, 3.8) is 0 Å². The molecule has 0 aromatic heterocycles. The SMILES string of the molecule is CCC/C=C\C/C=C\CCCCCCCC(=O)NC(COC1OC(CO)C(OC2OC(CO)C(O)C(O)C2O)C(O)C1O)C(O)/C=C/CCCCCCCCCCCCCCCCCC. The summed E-state index contributed by atoms with van der Waals surface area (Å²) in [5.41, 5.74) is 0. The van der Waals surface area contributed by atoms with Gasteiger partial charge >= 0.3 is 0 Å². The van der Waals surface area contributed by atoms with Gasteiger partial charge in [-0.05, 0) is 44.9 Å². The van der Waals surface area contributed by atoms with Gasteiger partial charge in [-0.2, -0.15) is 0 Å². The number of allylic oxidation sites excluding steroid dienone is 5. The quantitative estimate of drug-likeness (QED) is 0.0231. The molecule has 9 N–H and O–H groups in total. The average Bonchev–Trinajstić information content (AvgIpc) is 3.30. The van der Waals surface area contributed by atoms with Gasteiger partial charge in [0.2, 0.25) is 5.91 Å². The largest absolute Gasteiger partial charge is 0.394 e. The van der Waals surface area contributed by atoms with Gasteiger partial charge in [0.05, 0.1) is 32.0 Å². The molecule has 2 fully saturated rings. The van der Waals surface area contributed by atoms with Gasteiger partial charge in [-0.3, -0.25) is 4.79 Å². The Kier molecular flexibility index (Phi) is 34.8. The minimum Gasteiger partial charge on any atom is -0.394 e. The van der Waals surface area contributed by atoms with Crippen LogP contribution in [0.4, 0.5) is 0 Å². The van der Waals surface area contributed by atoms with E-state index in [9.17, 15) is 45.6 Å². The monoisotopic (exact) mass is 928 g/mol. The predicted molar refractivity (Wildman–Crippen MR) is 254 cm³/mol. The van der Waals surface area contributed by atoms with Crippen molar-refractivity contribution in [2.75, 3.05) is 19.8 Å². The molecular weight excluding hydrogens is 835 g/mol. The average molecular weight is 928 g/mol. The summed E-state index contributed by atoms with van der Waals surface area (Å²) in [5, 5.41) is 86.7. The Balaban J connectivity index is 1.85. The fraction of sp³-hybridized carbons (Fsp3) is 0.863. The molecule has 380 valence electrons. The third-order valence-electron chi connectivity index (χ3n) is 12.6. The summed E-state index contributed by atoms with van der Waals surface area (Å²) in [6.07, 6.45) is 26.1. The van der Waals surface area contributed by atoms with E-state index < -0.39 is 86.8 Å². The highest BCUT2D eigenvalue weighted by Gasteiger charge is 2.51. The number of carbonyl (C=O) groups excluding carboxylic acids is 1. The molecule has 2 rings (SSSR count). The molecule has 12 unspecified atom stereocenters. The summed E-state index contributed by atoms with van der Waals surface area (Å²) < 4.78 is 22.7. The number of amides is 1. The number of nitrogens with one attached hydrogen (secondary N) is 1. The molecule has 0 radical (unpaired) electrons. The van der Waals surface area contributed by atoms with Crippen molar-refractivity contribution in [1.82, 2.24) is 5.32 Å². The van der Waals surface area contributed by atoms with E-state index >= 15 is 0 Å². The predicted octanol–water partition coefficient (Wildman–Crippen LogP) is 6.71. The topological polar surface area (TPSA) is 228 Å². The van der Waals surface area contributed by atoms with Crippen LogP contribution in [0.25, 0.3) is 0 Å². The van der Waals surface area contributed by atoms with Gasteiger partial charge in [0.15, 0.2) is 12.6 Å². The van der Waals surface area contributed by atoms with Gasteiger partial charge in [0, 0.05) is 6.42 Å². The van der Waals surface area contributed by atoms with Crippen molar-refractivity contribution in [3.05, 3.63) is 36.5 Å². The maximum Gasteiger partial charge on any atom is 0.220 e. The normalized spacial score (nSPS) is 27.3. The molecule has 65 heavy (non-hydrogen) atoms. The molecule has 12 atom stereocenters. The Labute approximate surface area is 391 Å². The Hall–Kier alpha value is -1.79. The van der Waals surface area contributed by atoms with Crippen LogP contribution in [0.2, 0.25) is 0 Å². The van der Waals surface area contributed by atoms with Crippen LogP contribution in [-0.4, -0.2) is 140 Å². The second kappa shape index (κ2) is 38.1. The van der Waals surface area contributed by atoms with Crippen molar-refractivity contribution < 1.29 is 64.6 Å². The first kappa shape index (κ1) is 59.3. The van der Waals surface area contributed by atoms with Crippen LogP contribution in [0, 0.1) is 0 Å². The van der Waals surface area contributed by atoms with E-state index in [1.165, 1.54) is 89.9 Å². The van der Waals surface area contributed by atoms with Gasteiger partial charge in [0.1, 0.15) is 48.8 Å². The maximum atomic E-state index is 13.1. The molecule has 14 nitrogen and oxygen atoms in total. The molecule has 2 aliphatic rings. The molecule has 0 aliphatic carbocycles. The van der Waals surface area contributed by atoms with Gasteiger partial charge in [-0.15, -0.1) is 0 Å². The second-order valence-electron chi connectivity index (χ2n) is 18.3. The van der Waals surface area contributed by atoms with E-state index in [1.54, 1.807) is 6.08 Å². The number of ether oxygens (including phenoxy) is 4. The summed E-state index contributed by atoms with van der Waals surface area (Å²) in [6.45, 7) is 2.71. The van der Waals surface area contributed by atoms with Gasteiger partial charge in [0.25, 0.3) is 0 Å². The fourth-order valence-corrected chi connectivity index (χ4v) is 8.33. The lowest BCUT2D eigenvalue weighted by Gasteiger charge is -2.46. The Morgan fingerprint density at radius 1 is 0.554 bits per heavy atom. The fourth-order valence-electron chi connectivity index (χ4n) is 8.33.